The summed E-state index contributed by atoms with van der Waals surface area (Å²) in [5, 5.41) is 7.12. The molecule has 0 radical (unpaired) electrons. The molecule has 0 bridgehead atoms. The van der Waals surface area contributed by atoms with Gasteiger partial charge in [-0.15, -0.1) is 0 Å². The zero-order valence-electron chi connectivity index (χ0n) is 16.0. The lowest BCUT2D eigenvalue weighted by Crippen LogP contribution is -2.42. The SMILES string of the molecule is O=C(O)C(F)(F)F.c1ccc(CN2C[C@@H](Oc3ccccn3)[C@H]3OCCC[C@H]32)nc1. The van der Waals surface area contributed by atoms with Gasteiger partial charge < -0.3 is 14.6 Å². The molecule has 1 N–H and O–H groups in total. The van der Waals surface area contributed by atoms with Gasteiger partial charge in [0.2, 0.25) is 5.88 Å². The molecule has 0 aliphatic carbocycles. The summed E-state index contributed by atoms with van der Waals surface area (Å²) in [4.78, 5) is 20.1. The topological polar surface area (TPSA) is 84.8 Å². The highest BCUT2D eigenvalue weighted by molar-refractivity contribution is 5.73. The van der Waals surface area contributed by atoms with E-state index in [0.717, 1.165) is 38.2 Å². The van der Waals surface area contributed by atoms with Crippen molar-refractivity contribution in [3.63, 3.8) is 0 Å². The number of pyridine rings is 2. The van der Waals surface area contributed by atoms with Gasteiger partial charge in [0, 0.05) is 44.2 Å². The maximum atomic E-state index is 10.6. The second-order valence-electron chi connectivity index (χ2n) is 6.92. The Kier molecular flexibility index (Phi) is 7.22. The van der Waals surface area contributed by atoms with Crippen LogP contribution < -0.4 is 4.74 Å². The van der Waals surface area contributed by atoms with Crippen molar-refractivity contribution >= 4 is 5.97 Å². The normalized spacial score (nSPS) is 23.8. The molecule has 30 heavy (non-hydrogen) atoms. The van der Waals surface area contributed by atoms with Crippen LogP contribution in [0.5, 0.6) is 5.88 Å². The van der Waals surface area contributed by atoms with Crippen LogP contribution in [0.2, 0.25) is 0 Å². The van der Waals surface area contributed by atoms with Crippen LogP contribution in [0.3, 0.4) is 0 Å². The van der Waals surface area contributed by atoms with Crippen molar-refractivity contribution in [2.75, 3.05) is 13.2 Å². The number of alkyl halides is 3. The number of hydrogen-bond donors (Lipinski definition) is 1. The van der Waals surface area contributed by atoms with E-state index in [1.54, 1.807) is 6.20 Å². The van der Waals surface area contributed by atoms with Gasteiger partial charge in [-0.1, -0.05) is 12.1 Å². The van der Waals surface area contributed by atoms with Crippen molar-refractivity contribution in [1.29, 1.82) is 0 Å². The standard InChI is InChI=1S/C18H21N3O2.C2HF3O2/c1-3-9-19-14(6-1)12-21-13-16(18-15(21)7-5-11-22-18)23-17-8-2-4-10-20-17;3-2(4,5)1(6)7/h1-4,6,8-10,15-16,18H,5,7,11-13H2;(H,6,7)/t15-,16-,18+;/m1./s1. The third-order valence-electron chi connectivity index (χ3n) is 4.83. The van der Waals surface area contributed by atoms with Crippen molar-refractivity contribution < 1.29 is 32.5 Å². The molecule has 2 aromatic rings. The molecule has 4 rings (SSSR count). The van der Waals surface area contributed by atoms with Crippen LogP contribution in [0.25, 0.3) is 0 Å². The number of carboxylic acids is 1. The van der Waals surface area contributed by atoms with Crippen molar-refractivity contribution in [2.45, 2.75) is 43.8 Å². The molecule has 2 aliphatic rings. The predicted octanol–water partition coefficient (Wildman–Crippen LogP) is 2.92. The minimum absolute atomic E-state index is 0.0268. The van der Waals surface area contributed by atoms with Gasteiger partial charge in [0.05, 0.1) is 5.69 Å². The largest absolute Gasteiger partial charge is 0.490 e. The van der Waals surface area contributed by atoms with Crippen LogP contribution in [0.4, 0.5) is 13.2 Å². The van der Waals surface area contributed by atoms with Crippen molar-refractivity contribution in [3.05, 3.63) is 54.5 Å². The molecule has 2 saturated heterocycles. The molecule has 0 amide bonds. The Balaban J connectivity index is 0.000000318. The van der Waals surface area contributed by atoms with Crippen LogP contribution >= 0.6 is 0 Å². The summed E-state index contributed by atoms with van der Waals surface area (Å²) >= 11 is 0. The molecule has 0 saturated carbocycles. The van der Waals surface area contributed by atoms with Crippen LogP contribution in [0.15, 0.2) is 48.8 Å². The average Bonchev–Trinajstić information content (AvgIpc) is 3.07. The number of nitrogens with zero attached hydrogens (tertiary/aromatic N) is 3. The molecular formula is C20H22F3N3O4. The quantitative estimate of drug-likeness (QED) is 0.806. The van der Waals surface area contributed by atoms with E-state index in [0.29, 0.717) is 11.9 Å². The number of aliphatic carboxylic acids is 1. The highest BCUT2D eigenvalue weighted by atomic mass is 19.4. The number of carboxylic acid groups (broad SMARTS) is 1. The Morgan fingerprint density at radius 1 is 1.20 bits per heavy atom. The number of likely N-dealkylation sites (tertiary alicyclic amines) is 1. The van der Waals surface area contributed by atoms with E-state index in [2.05, 4.69) is 20.9 Å². The van der Waals surface area contributed by atoms with E-state index < -0.39 is 12.1 Å². The lowest BCUT2D eigenvalue weighted by molar-refractivity contribution is -0.192. The monoisotopic (exact) mass is 425 g/mol. The second kappa shape index (κ2) is 9.86. The van der Waals surface area contributed by atoms with Crippen LogP contribution in [0, 0.1) is 0 Å². The zero-order chi connectivity index (χ0) is 21.6. The van der Waals surface area contributed by atoms with E-state index in [4.69, 9.17) is 19.4 Å². The van der Waals surface area contributed by atoms with E-state index in [1.165, 1.54) is 0 Å². The lowest BCUT2D eigenvalue weighted by atomic mass is 10.0. The van der Waals surface area contributed by atoms with Crippen molar-refractivity contribution in [2.24, 2.45) is 0 Å². The molecule has 4 heterocycles. The summed E-state index contributed by atoms with van der Waals surface area (Å²) in [6.45, 7) is 2.51. The van der Waals surface area contributed by atoms with Gasteiger partial charge in [-0.3, -0.25) is 9.88 Å². The predicted molar refractivity (Wildman–Crippen MR) is 99.8 cm³/mol. The first kappa shape index (κ1) is 22.0. The van der Waals surface area contributed by atoms with E-state index >= 15 is 0 Å². The van der Waals surface area contributed by atoms with Gasteiger partial charge >= 0.3 is 12.1 Å². The van der Waals surface area contributed by atoms with E-state index in [1.807, 2.05) is 36.5 Å². The van der Waals surface area contributed by atoms with Gasteiger partial charge in [0.15, 0.2) is 0 Å². The fraction of sp³-hybridized carbons (Fsp3) is 0.450. The number of carbonyl (C=O) groups is 1. The van der Waals surface area contributed by atoms with E-state index in [-0.39, 0.29) is 12.2 Å². The number of ether oxygens (including phenoxy) is 2. The summed E-state index contributed by atoms with van der Waals surface area (Å²) in [6.07, 6.45) is 0.931. The minimum Gasteiger partial charge on any atom is -0.475 e. The zero-order valence-corrected chi connectivity index (χ0v) is 16.0. The molecular weight excluding hydrogens is 403 g/mol. The number of aromatic nitrogens is 2. The van der Waals surface area contributed by atoms with Gasteiger partial charge in [-0.05, 0) is 31.0 Å². The maximum Gasteiger partial charge on any atom is 0.490 e. The van der Waals surface area contributed by atoms with Crippen molar-refractivity contribution in [1.82, 2.24) is 14.9 Å². The number of fused-ring (bicyclic) bond motifs is 1. The van der Waals surface area contributed by atoms with Crippen LogP contribution in [0.1, 0.15) is 18.5 Å². The average molecular weight is 425 g/mol. The van der Waals surface area contributed by atoms with Gasteiger partial charge in [-0.25, -0.2) is 9.78 Å². The van der Waals surface area contributed by atoms with Gasteiger partial charge in [0.1, 0.15) is 12.2 Å². The Morgan fingerprint density at radius 3 is 2.50 bits per heavy atom. The molecule has 162 valence electrons. The molecule has 7 nitrogen and oxygen atoms in total. The van der Waals surface area contributed by atoms with Crippen LogP contribution in [-0.4, -0.2) is 63.5 Å². The smallest absolute Gasteiger partial charge is 0.475 e. The molecule has 0 aromatic carbocycles. The Hall–Kier alpha value is -2.72. The van der Waals surface area contributed by atoms with Gasteiger partial charge in [-0.2, -0.15) is 13.2 Å². The fourth-order valence-electron chi connectivity index (χ4n) is 3.56. The third-order valence-corrected chi connectivity index (χ3v) is 4.83. The molecule has 10 heteroatoms. The number of hydrogen-bond acceptors (Lipinski definition) is 6. The number of rotatable bonds is 4. The summed E-state index contributed by atoms with van der Waals surface area (Å²) < 4.78 is 43.9. The van der Waals surface area contributed by atoms with Crippen LogP contribution in [-0.2, 0) is 16.1 Å². The molecule has 3 atom stereocenters. The highest BCUT2D eigenvalue weighted by Gasteiger charge is 2.45. The molecule has 2 fully saturated rings. The third kappa shape index (κ3) is 5.90. The summed E-state index contributed by atoms with van der Waals surface area (Å²) in [5.41, 5.74) is 1.09. The fourth-order valence-corrected chi connectivity index (χ4v) is 3.56. The number of halogens is 3. The first-order valence-electron chi connectivity index (χ1n) is 9.48. The van der Waals surface area contributed by atoms with Gasteiger partial charge in [0.25, 0.3) is 0 Å². The van der Waals surface area contributed by atoms with E-state index in [9.17, 15) is 13.2 Å². The first-order chi connectivity index (χ1) is 14.3. The maximum absolute atomic E-state index is 10.6. The highest BCUT2D eigenvalue weighted by Crippen LogP contribution is 2.32. The first-order valence-corrected chi connectivity index (χ1v) is 9.48. The molecule has 0 unspecified atom stereocenters. The minimum atomic E-state index is -5.08. The Labute approximate surface area is 171 Å². The lowest BCUT2D eigenvalue weighted by Gasteiger charge is -2.32. The molecule has 2 aromatic heterocycles. The second-order valence-corrected chi connectivity index (χ2v) is 6.92. The Morgan fingerprint density at radius 2 is 1.90 bits per heavy atom. The molecule has 2 aliphatic heterocycles. The Bertz CT molecular complexity index is 752. The van der Waals surface area contributed by atoms with Crippen molar-refractivity contribution in [3.8, 4) is 5.88 Å². The molecule has 0 spiro atoms. The summed E-state index contributed by atoms with van der Waals surface area (Å²) in [6, 6.07) is 12.2. The summed E-state index contributed by atoms with van der Waals surface area (Å²) in [7, 11) is 0. The summed E-state index contributed by atoms with van der Waals surface area (Å²) in [5.74, 6) is -2.09.